The van der Waals surface area contributed by atoms with E-state index in [1.165, 1.54) is 16.6 Å². The van der Waals surface area contributed by atoms with Gasteiger partial charge in [-0.05, 0) is 23.3 Å². The normalized spacial score (nSPS) is 10.1. The zero-order valence-corrected chi connectivity index (χ0v) is 10.0. The third kappa shape index (κ3) is 2.68. The lowest BCUT2D eigenvalue weighted by atomic mass is 9.67. The van der Waals surface area contributed by atoms with Gasteiger partial charge < -0.3 is 0 Å². The highest BCUT2D eigenvalue weighted by Gasteiger charge is 1.99. The molecular formula is C14H13BCl. The SMILES string of the molecule is CC[B]c1cccc(-c2ccc(Cl)cc2)c1. The number of hydrogen-bond acceptors (Lipinski definition) is 0. The first-order valence-corrected chi connectivity index (χ1v) is 5.86. The Kier molecular flexibility index (Phi) is 3.68. The van der Waals surface area contributed by atoms with Crippen molar-refractivity contribution in [3.05, 3.63) is 53.6 Å². The molecule has 0 saturated carbocycles. The van der Waals surface area contributed by atoms with E-state index in [1.807, 2.05) is 24.3 Å². The molecule has 0 aliphatic carbocycles. The molecule has 2 aromatic rings. The molecule has 0 aliphatic rings. The largest absolute Gasteiger partial charge is 0.151 e. The maximum absolute atomic E-state index is 5.87. The van der Waals surface area contributed by atoms with Crippen LogP contribution in [0.15, 0.2) is 48.5 Å². The van der Waals surface area contributed by atoms with Crippen LogP contribution < -0.4 is 5.46 Å². The van der Waals surface area contributed by atoms with Gasteiger partial charge in [-0.25, -0.2) is 0 Å². The van der Waals surface area contributed by atoms with Crippen molar-refractivity contribution in [2.45, 2.75) is 13.2 Å². The van der Waals surface area contributed by atoms with Crippen LogP contribution >= 0.6 is 11.6 Å². The van der Waals surface area contributed by atoms with E-state index in [0.717, 1.165) is 11.3 Å². The number of rotatable bonds is 3. The molecule has 0 bridgehead atoms. The number of benzene rings is 2. The molecule has 0 fully saturated rings. The van der Waals surface area contributed by atoms with Crippen molar-refractivity contribution in [2.24, 2.45) is 0 Å². The van der Waals surface area contributed by atoms with E-state index in [-0.39, 0.29) is 0 Å². The highest BCUT2D eigenvalue weighted by molar-refractivity contribution is 6.53. The lowest BCUT2D eigenvalue weighted by Gasteiger charge is -2.04. The Balaban J connectivity index is 2.32. The second-order valence-corrected chi connectivity index (χ2v) is 4.18. The smallest absolute Gasteiger partial charge is 0.0872 e. The maximum atomic E-state index is 5.87. The van der Waals surface area contributed by atoms with Gasteiger partial charge in [0.05, 0.1) is 0 Å². The molecule has 0 heterocycles. The molecular weight excluding hydrogens is 214 g/mol. The maximum Gasteiger partial charge on any atom is 0.151 e. The van der Waals surface area contributed by atoms with E-state index in [4.69, 9.17) is 11.6 Å². The Morgan fingerprint density at radius 1 is 1.00 bits per heavy atom. The predicted molar refractivity (Wildman–Crippen MR) is 72.8 cm³/mol. The molecule has 0 unspecified atom stereocenters. The number of hydrogen-bond donors (Lipinski definition) is 0. The van der Waals surface area contributed by atoms with Crippen molar-refractivity contribution in [3.63, 3.8) is 0 Å². The van der Waals surface area contributed by atoms with Crippen LogP contribution in [0.2, 0.25) is 11.3 Å². The summed E-state index contributed by atoms with van der Waals surface area (Å²) in [4.78, 5) is 0. The molecule has 0 N–H and O–H groups in total. The van der Waals surface area contributed by atoms with E-state index in [9.17, 15) is 0 Å². The fraction of sp³-hybridized carbons (Fsp3) is 0.143. The predicted octanol–water partition coefficient (Wildman–Crippen LogP) is 3.77. The molecule has 1 radical (unpaired) electrons. The van der Waals surface area contributed by atoms with Crippen molar-refractivity contribution < 1.29 is 0 Å². The molecule has 0 nitrogen and oxygen atoms in total. The summed E-state index contributed by atoms with van der Waals surface area (Å²) >= 11 is 5.87. The number of halogens is 1. The molecule has 16 heavy (non-hydrogen) atoms. The zero-order chi connectivity index (χ0) is 11.4. The van der Waals surface area contributed by atoms with E-state index >= 15 is 0 Å². The standard InChI is InChI=1S/C14H13BCl/c1-2-15-13-5-3-4-12(10-13)11-6-8-14(16)9-7-11/h3-10H,2H2,1H3. The molecule has 2 heteroatoms. The molecule has 0 spiro atoms. The van der Waals surface area contributed by atoms with Gasteiger partial charge in [-0.1, -0.05) is 66.7 Å². The van der Waals surface area contributed by atoms with Gasteiger partial charge in [0.15, 0.2) is 7.28 Å². The van der Waals surface area contributed by atoms with Crippen molar-refractivity contribution in [1.82, 2.24) is 0 Å². The molecule has 0 amide bonds. The quantitative estimate of drug-likeness (QED) is 0.700. The molecule has 0 aliphatic heterocycles. The van der Waals surface area contributed by atoms with Gasteiger partial charge >= 0.3 is 0 Å². The van der Waals surface area contributed by atoms with Crippen LogP contribution in [-0.2, 0) is 0 Å². The van der Waals surface area contributed by atoms with Crippen LogP contribution in [0.25, 0.3) is 11.1 Å². The molecule has 0 atom stereocenters. The average Bonchev–Trinajstić information content (AvgIpc) is 2.31. The summed E-state index contributed by atoms with van der Waals surface area (Å²) in [5, 5.41) is 0.778. The topological polar surface area (TPSA) is 0 Å². The Morgan fingerprint density at radius 3 is 2.44 bits per heavy atom. The second kappa shape index (κ2) is 5.22. The Hall–Kier alpha value is -1.21. The molecule has 2 aromatic carbocycles. The molecule has 79 valence electrons. The third-order valence-electron chi connectivity index (χ3n) is 2.50. The minimum Gasteiger partial charge on any atom is -0.0872 e. The van der Waals surface area contributed by atoms with Crippen LogP contribution in [0.3, 0.4) is 0 Å². The Morgan fingerprint density at radius 2 is 1.75 bits per heavy atom. The van der Waals surface area contributed by atoms with E-state index in [2.05, 4.69) is 38.5 Å². The van der Waals surface area contributed by atoms with Gasteiger partial charge in [-0.15, -0.1) is 0 Å². The summed E-state index contributed by atoms with van der Waals surface area (Å²) in [6, 6.07) is 16.5. The lowest BCUT2D eigenvalue weighted by Crippen LogP contribution is -2.11. The van der Waals surface area contributed by atoms with Gasteiger partial charge in [0, 0.05) is 5.02 Å². The van der Waals surface area contributed by atoms with Crippen LogP contribution in [0.5, 0.6) is 0 Å². The van der Waals surface area contributed by atoms with Gasteiger partial charge in [0.1, 0.15) is 0 Å². The molecule has 0 saturated heterocycles. The Bertz CT molecular complexity index is 462. The summed E-state index contributed by atoms with van der Waals surface area (Å²) in [6.45, 7) is 2.15. The van der Waals surface area contributed by atoms with Crippen molar-refractivity contribution in [2.75, 3.05) is 0 Å². The Labute approximate surface area is 103 Å². The summed E-state index contributed by atoms with van der Waals surface area (Å²) < 4.78 is 0. The minimum absolute atomic E-state index is 0.778. The molecule has 0 aromatic heterocycles. The first-order valence-electron chi connectivity index (χ1n) is 5.49. The first-order chi connectivity index (χ1) is 7.79. The van der Waals surface area contributed by atoms with Crippen molar-refractivity contribution in [1.29, 1.82) is 0 Å². The second-order valence-electron chi connectivity index (χ2n) is 3.74. The van der Waals surface area contributed by atoms with Gasteiger partial charge in [0.2, 0.25) is 0 Å². The summed E-state index contributed by atoms with van der Waals surface area (Å²) in [6.07, 6.45) is 1.06. The zero-order valence-electron chi connectivity index (χ0n) is 9.28. The fourth-order valence-electron chi connectivity index (χ4n) is 1.72. The van der Waals surface area contributed by atoms with Crippen LogP contribution in [0.1, 0.15) is 6.92 Å². The highest BCUT2D eigenvalue weighted by atomic mass is 35.5. The molecule has 2 rings (SSSR count). The monoisotopic (exact) mass is 227 g/mol. The lowest BCUT2D eigenvalue weighted by molar-refractivity contribution is 1.46. The van der Waals surface area contributed by atoms with Crippen LogP contribution in [-0.4, -0.2) is 7.28 Å². The summed E-state index contributed by atoms with van der Waals surface area (Å²) in [5.74, 6) is 0. The van der Waals surface area contributed by atoms with Gasteiger partial charge in [0.25, 0.3) is 0 Å². The fourth-order valence-corrected chi connectivity index (χ4v) is 1.85. The van der Waals surface area contributed by atoms with Gasteiger partial charge in [-0.3, -0.25) is 0 Å². The van der Waals surface area contributed by atoms with E-state index in [1.54, 1.807) is 0 Å². The first kappa shape index (κ1) is 11.3. The van der Waals surface area contributed by atoms with E-state index < -0.39 is 0 Å². The third-order valence-corrected chi connectivity index (χ3v) is 2.76. The van der Waals surface area contributed by atoms with E-state index in [0.29, 0.717) is 0 Å². The van der Waals surface area contributed by atoms with Gasteiger partial charge in [-0.2, -0.15) is 0 Å². The van der Waals surface area contributed by atoms with Crippen LogP contribution in [0, 0.1) is 0 Å². The van der Waals surface area contributed by atoms with Crippen LogP contribution in [0.4, 0.5) is 0 Å². The minimum atomic E-state index is 0.778. The van der Waals surface area contributed by atoms with Crippen molar-refractivity contribution in [3.8, 4) is 11.1 Å². The highest BCUT2D eigenvalue weighted by Crippen LogP contribution is 2.20. The summed E-state index contributed by atoms with van der Waals surface area (Å²) in [7, 11) is 2.22. The average molecular weight is 228 g/mol. The van der Waals surface area contributed by atoms with Crippen molar-refractivity contribution >= 4 is 24.3 Å². The summed E-state index contributed by atoms with van der Waals surface area (Å²) in [5.41, 5.74) is 3.71.